The fourth-order valence-corrected chi connectivity index (χ4v) is 2.07. The number of carbonyl (C=O) groups excluding carboxylic acids is 1. The molecular weight excluding hydrogens is 264 g/mol. The molecular formula is C17H20N2O2. The SMILES string of the molecule is CC[C@@H](N)c1ccccc1Oc1ccccc1NC(C)=O. The molecule has 0 aliphatic rings. The van der Waals surface area contributed by atoms with Crippen molar-refractivity contribution in [2.45, 2.75) is 26.3 Å². The minimum Gasteiger partial charge on any atom is -0.455 e. The predicted octanol–water partition coefficient (Wildman–Crippen LogP) is 3.85. The van der Waals surface area contributed by atoms with Gasteiger partial charge in [0.05, 0.1) is 5.69 Å². The summed E-state index contributed by atoms with van der Waals surface area (Å²) in [5.74, 6) is 1.18. The molecule has 0 unspecified atom stereocenters. The number of nitrogens with one attached hydrogen (secondary N) is 1. The largest absolute Gasteiger partial charge is 0.455 e. The van der Waals surface area contributed by atoms with E-state index in [2.05, 4.69) is 5.32 Å². The van der Waals surface area contributed by atoms with Gasteiger partial charge in [-0.05, 0) is 24.6 Å². The summed E-state index contributed by atoms with van der Waals surface area (Å²) < 4.78 is 5.97. The van der Waals surface area contributed by atoms with Gasteiger partial charge < -0.3 is 15.8 Å². The van der Waals surface area contributed by atoms with E-state index in [0.717, 1.165) is 12.0 Å². The molecule has 3 N–H and O–H groups in total. The number of hydrogen-bond acceptors (Lipinski definition) is 3. The van der Waals surface area contributed by atoms with Gasteiger partial charge >= 0.3 is 0 Å². The maximum Gasteiger partial charge on any atom is 0.221 e. The van der Waals surface area contributed by atoms with Crippen molar-refractivity contribution in [3.05, 3.63) is 54.1 Å². The Morgan fingerprint density at radius 2 is 1.76 bits per heavy atom. The van der Waals surface area contributed by atoms with Gasteiger partial charge in [0.15, 0.2) is 5.75 Å². The van der Waals surface area contributed by atoms with E-state index in [-0.39, 0.29) is 11.9 Å². The van der Waals surface area contributed by atoms with E-state index in [1.165, 1.54) is 6.92 Å². The van der Waals surface area contributed by atoms with Crippen LogP contribution in [0.5, 0.6) is 11.5 Å². The molecule has 0 saturated carbocycles. The first kappa shape index (κ1) is 15.1. The van der Waals surface area contributed by atoms with Crippen LogP contribution in [0.4, 0.5) is 5.69 Å². The number of anilines is 1. The summed E-state index contributed by atoms with van der Waals surface area (Å²) in [5.41, 5.74) is 7.72. The lowest BCUT2D eigenvalue weighted by atomic mass is 10.0. The van der Waals surface area contributed by atoms with Crippen LogP contribution in [0.25, 0.3) is 0 Å². The molecule has 0 heterocycles. The molecule has 4 nitrogen and oxygen atoms in total. The monoisotopic (exact) mass is 284 g/mol. The van der Waals surface area contributed by atoms with Crippen LogP contribution in [0.3, 0.4) is 0 Å². The van der Waals surface area contributed by atoms with Gasteiger partial charge in [0, 0.05) is 18.5 Å². The normalized spacial score (nSPS) is 11.8. The van der Waals surface area contributed by atoms with Crippen molar-refractivity contribution >= 4 is 11.6 Å². The summed E-state index contributed by atoms with van der Waals surface area (Å²) in [6.45, 7) is 3.50. The molecule has 0 aromatic heterocycles. The van der Waals surface area contributed by atoms with E-state index < -0.39 is 0 Å². The zero-order valence-corrected chi connectivity index (χ0v) is 12.3. The first-order valence-electron chi connectivity index (χ1n) is 7.00. The van der Waals surface area contributed by atoms with E-state index in [4.69, 9.17) is 10.5 Å². The Balaban J connectivity index is 2.33. The molecule has 2 aromatic rings. The average molecular weight is 284 g/mol. The number of rotatable bonds is 5. The van der Waals surface area contributed by atoms with Crippen molar-refractivity contribution in [1.29, 1.82) is 0 Å². The van der Waals surface area contributed by atoms with Gasteiger partial charge in [0.2, 0.25) is 5.91 Å². The molecule has 0 fully saturated rings. The molecule has 1 atom stereocenters. The van der Waals surface area contributed by atoms with Crippen LogP contribution in [0.2, 0.25) is 0 Å². The zero-order valence-electron chi connectivity index (χ0n) is 12.3. The second-order valence-corrected chi connectivity index (χ2v) is 4.83. The van der Waals surface area contributed by atoms with Crippen LogP contribution in [0.15, 0.2) is 48.5 Å². The minimum absolute atomic E-state index is 0.0749. The second-order valence-electron chi connectivity index (χ2n) is 4.83. The van der Waals surface area contributed by atoms with E-state index in [0.29, 0.717) is 17.2 Å². The summed E-state index contributed by atoms with van der Waals surface area (Å²) in [7, 11) is 0. The average Bonchev–Trinajstić information content (AvgIpc) is 2.48. The zero-order chi connectivity index (χ0) is 15.2. The molecule has 0 aliphatic heterocycles. The quantitative estimate of drug-likeness (QED) is 0.876. The van der Waals surface area contributed by atoms with Gasteiger partial charge in [-0.15, -0.1) is 0 Å². The molecule has 0 bridgehead atoms. The molecule has 2 rings (SSSR count). The van der Waals surface area contributed by atoms with Gasteiger partial charge in [-0.3, -0.25) is 4.79 Å². The summed E-state index contributed by atoms with van der Waals surface area (Å²) in [5, 5.41) is 2.76. The maximum absolute atomic E-state index is 11.3. The van der Waals surface area contributed by atoms with E-state index in [9.17, 15) is 4.79 Å². The summed E-state index contributed by atoms with van der Waals surface area (Å²) in [4.78, 5) is 11.3. The van der Waals surface area contributed by atoms with E-state index in [1.807, 2.05) is 49.4 Å². The molecule has 0 spiro atoms. The number of hydrogen-bond donors (Lipinski definition) is 2. The Hall–Kier alpha value is -2.33. The van der Waals surface area contributed by atoms with Crippen LogP contribution in [-0.2, 0) is 4.79 Å². The number of benzene rings is 2. The molecule has 2 aromatic carbocycles. The van der Waals surface area contributed by atoms with Crippen molar-refractivity contribution in [1.82, 2.24) is 0 Å². The third kappa shape index (κ3) is 3.83. The van der Waals surface area contributed by atoms with E-state index >= 15 is 0 Å². The minimum atomic E-state index is -0.135. The van der Waals surface area contributed by atoms with Crippen LogP contribution in [-0.4, -0.2) is 5.91 Å². The van der Waals surface area contributed by atoms with Crippen molar-refractivity contribution in [3.8, 4) is 11.5 Å². The van der Waals surface area contributed by atoms with Gasteiger partial charge in [-0.2, -0.15) is 0 Å². The smallest absolute Gasteiger partial charge is 0.221 e. The summed E-state index contributed by atoms with van der Waals surface area (Å²) in [6.07, 6.45) is 0.827. The Morgan fingerprint density at radius 3 is 2.43 bits per heavy atom. The number of nitrogens with two attached hydrogens (primary N) is 1. The third-order valence-electron chi connectivity index (χ3n) is 3.18. The first-order chi connectivity index (χ1) is 10.1. The predicted molar refractivity (Wildman–Crippen MR) is 84.5 cm³/mol. The van der Waals surface area contributed by atoms with Gasteiger partial charge in [0.1, 0.15) is 5.75 Å². The molecule has 0 saturated heterocycles. The Morgan fingerprint density at radius 1 is 1.14 bits per heavy atom. The Labute approximate surface area is 124 Å². The molecule has 21 heavy (non-hydrogen) atoms. The molecule has 4 heteroatoms. The van der Waals surface area contributed by atoms with Crippen molar-refractivity contribution in [2.24, 2.45) is 5.73 Å². The number of ether oxygens (including phenoxy) is 1. The Bertz CT molecular complexity index is 626. The maximum atomic E-state index is 11.3. The first-order valence-corrected chi connectivity index (χ1v) is 7.00. The van der Waals surface area contributed by atoms with Crippen LogP contribution in [0, 0.1) is 0 Å². The Kier molecular flexibility index (Phi) is 4.95. The third-order valence-corrected chi connectivity index (χ3v) is 3.18. The van der Waals surface area contributed by atoms with Gasteiger partial charge in [0.25, 0.3) is 0 Å². The van der Waals surface area contributed by atoms with Crippen LogP contribution >= 0.6 is 0 Å². The standard InChI is InChI=1S/C17H20N2O2/c1-3-14(18)13-8-4-6-10-16(13)21-17-11-7-5-9-15(17)19-12(2)20/h4-11,14H,3,18H2,1-2H3,(H,19,20)/t14-/m1/s1. The fourth-order valence-electron chi connectivity index (χ4n) is 2.07. The highest BCUT2D eigenvalue weighted by Crippen LogP contribution is 2.33. The van der Waals surface area contributed by atoms with Crippen LogP contribution < -0.4 is 15.8 Å². The second kappa shape index (κ2) is 6.90. The lowest BCUT2D eigenvalue weighted by Gasteiger charge is -2.17. The molecule has 1 amide bonds. The van der Waals surface area contributed by atoms with Gasteiger partial charge in [-0.25, -0.2) is 0 Å². The van der Waals surface area contributed by atoms with Gasteiger partial charge in [-0.1, -0.05) is 37.3 Å². The lowest BCUT2D eigenvalue weighted by Crippen LogP contribution is -2.10. The number of para-hydroxylation sites is 3. The lowest BCUT2D eigenvalue weighted by molar-refractivity contribution is -0.114. The van der Waals surface area contributed by atoms with Crippen molar-refractivity contribution in [3.63, 3.8) is 0 Å². The summed E-state index contributed by atoms with van der Waals surface area (Å²) in [6, 6.07) is 15.0. The molecule has 0 radical (unpaired) electrons. The molecule has 0 aliphatic carbocycles. The number of amides is 1. The topological polar surface area (TPSA) is 64.3 Å². The fraction of sp³-hybridized carbons (Fsp3) is 0.235. The summed E-state index contributed by atoms with van der Waals surface area (Å²) >= 11 is 0. The van der Waals surface area contributed by atoms with Crippen molar-refractivity contribution < 1.29 is 9.53 Å². The van der Waals surface area contributed by atoms with Crippen molar-refractivity contribution in [2.75, 3.05) is 5.32 Å². The molecule has 110 valence electrons. The number of carbonyl (C=O) groups is 1. The van der Waals surface area contributed by atoms with E-state index in [1.54, 1.807) is 6.07 Å². The highest BCUT2D eigenvalue weighted by molar-refractivity contribution is 5.90. The highest BCUT2D eigenvalue weighted by Gasteiger charge is 2.12. The van der Waals surface area contributed by atoms with Crippen LogP contribution in [0.1, 0.15) is 31.9 Å². The highest BCUT2D eigenvalue weighted by atomic mass is 16.5.